The third-order valence-electron chi connectivity index (χ3n) is 6.63. The number of carbonyl (C=O) groups excluding carboxylic acids is 1. The minimum absolute atomic E-state index is 0.0408. The van der Waals surface area contributed by atoms with E-state index in [4.69, 9.17) is 9.72 Å². The highest BCUT2D eigenvalue weighted by Crippen LogP contribution is 2.32. The number of phenols is 1. The van der Waals surface area contributed by atoms with Crippen LogP contribution in [0.3, 0.4) is 0 Å². The van der Waals surface area contributed by atoms with Gasteiger partial charge >= 0.3 is 0 Å². The van der Waals surface area contributed by atoms with Crippen LogP contribution in [0.2, 0.25) is 25.7 Å². The van der Waals surface area contributed by atoms with Crippen molar-refractivity contribution in [1.82, 2.24) is 14.5 Å². The molecule has 1 N–H and O–H groups in total. The third-order valence-corrected chi connectivity index (χ3v) is 9.94. The number of ketones is 1. The summed E-state index contributed by atoms with van der Waals surface area (Å²) >= 11 is 0. The Morgan fingerprint density at radius 3 is 2.45 bits per heavy atom. The molecule has 0 radical (unpaired) electrons. The highest BCUT2D eigenvalue weighted by molar-refractivity contribution is 7.91. The summed E-state index contributed by atoms with van der Waals surface area (Å²) < 4.78 is 31.5. The van der Waals surface area contributed by atoms with Gasteiger partial charge in [-0.2, -0.15) is 0 Å². The Hall–Kier alpha value is -2.76. The monoisotopic (exact) mass is 558 g/mol. The minimum atomic E-state index is -3.03. The number of hydrogen-bond donors (Lipinski definition) is 1. The van der Waals surface area contributed by atoms with Gasteiger partial charge in [0.1, 0.15) is 18.0 Å². The quantitative estimate of drug-likeness (QED) is 0.243. The standard InChI is InChI=1S/C27H38N4O5SSi/c1-27(2,3)25(33)22-17-31(18-36-9-12-38(4,5)6)26-24(22)29-23(16-28-26)19-13-20(15-21(32)14-19)30-7-10-37(34,35)11-8-30/h13-17,32H,7-12,18H2,1-6H3. The first-order valence-corrected chi connectivity index (χ1v) is 18.4. The van der Waals surface area contributed by atoms with Crippen molar-refractivity contribution < 1.29 is 23.1 Å². The summed E-state index contributed by atoms with van der Waals surface area (Å²) in [6, 6.07) is 6.13. The van der Waals surface area contributed by atoms with Gasteiger partial charge in [0.05, 0.1) is 29.0 Å². The van der Waals surface area contributed by atoms with Crippen LogP contribution in [0.4, 0.5) is 5.69 Å². The molecule has 38 heavy (non-hydrogen) atoms. The maximum atomic E-state index is 13.4. The van der Waals surface area contributed by atoms with E-state index in [9.17, 15) is 18.3 Å². The average Bonchev–Trinajstić information content (AvgIpc) is 3.17. The predicted molar refractivity (Wildman–Crippen MR) is 153 cm³/mol. The zero-order chi connectivity index (χ0) is 27.9. The molecule has 0 unspecified atom stereocenters. The molecule has 0 spiro atoms. The molecule has 0 amide bonds. The van der Waals surface area contributed by atoms with Gasteiger partial charge < -0.3 is 19.3 Å². The van der Waals surface area contributed by atoms with E-state index in [-0.39, 0.29) is 29.8 Å². The molecule has 2 aromatic heterocycles. The number of anilines is 1. The van der Waals surface area contributed by atoms with Gasteiger partial charge in [-0.05, 0) is 18.2 Å². The average molecular weight is 559 g/mol. The molecule has 1 fully saturated rings. The number of nitrogens with zero attached hydrogens (tertiary/aromatic N) is 4. The zero-order valence-electron chi connectivity index (χ0n) is 23.1. The number of ether oxygens (including phenoxy) is 1. The molecule has 1 saturated heterocycles. The van der Waals surface area contributed by atoms with Crippen LogP contribution in [0.15, 0.2) is 30.6 Å². The fraction of sp³-hybridized carbons (Fsp3) is 0.519. The molecule has 3 heterocycles. The normalized spacial score (nSPS) is 16.2. The van der Waals surface area contributed by atoms with Crippen molar-refractivity contribution in [3.8, 4) is 17.0 Å². The molecule has 0 bridgehead atoms. The molecule has 9 nitrogen and oxygen atoms in total. The van der Waals surface area contributed by atoms with Crippen LogP contribution in [0.25, 0.3) is 22.4 Å². The second-order valence-electron chi connectivity index (χ2n) is 12.2. The molecule has 11 heteroatoms. The summed E-state index contributed by atoms with van der Waals surface area (Å²) in [6.45, 7) is 14.2. The van der Waals surface area contributed by atoms with Crippen LogP contribution >= 0.6 is 0 Å². The smallest absolute Gasteiger partial charge is 0.171 e. The molecule has 0 atom stereocenters. The molecular formula is C27H38N4O5SSi. The zero-order valence-corrected chi connectivity index (χ0v) is 24.9. The first kappa shape index (κ1) is 28.3. The molecule has 206 valence electrons. The number of aromatic nitrogens is 3. The van der Waals surface area contributed by atoms with E-state index in [1.54, 1.807) is 24.5 Å². The van der Waals surface area contributed by atoms with Gasteiger partial charge in [0.2, 0.25) is 0 Å². The molecule has 0 aliphatic carbocycles. The summed E-state index contributed by atoms with van der Waals surface area (Å²) in [4.78, 5) is 24.8. The summed E-state index contributed by atoms with van der Waals surface area (Å²) in [5.41, 5.74) is 2.80. The molecule has 4 rings (SSSR count). The summed E-state index contributed by atoms with van der Waals surface area (Å²) in [6.07, 6.45) is 3.41. The van der Waals surface area contributed by atoms with Crippen LogP contribution in [-0.4, -0.2) is 73.1 Å². The summed E-state index contributed by atoms with van der Waals surface area (Å²) in [5.74, 6) is 0.165. The van der Waals surface area contributed by atoms with E-state index in [1.165, 1.54) is 0 Å². The van der Waals surface area contributed by atoms with Gasteiger partial charge in [-0.25, -0.2) is 18.4 Å². The van der Waals surface area contributed by atoms with E-state index in [0.717, 1.165) is 11.7 Å². The number of hydrogen-bond acceptors (Lipinski definition) is 8. The van der Waals surface area contributed by atoms with Gasteiger partial charge in [0, 0.05) is 56.7 Å². The number of fused-ring (bicyclic) bond motifs is 1. The van der Waals surface area contributed by atoms with E-state index in [2.05, 4.69) is 24.6 Å². The molecule has 1 aliphatic heterocycles. The van der Waals surface area contributed by atoms with E-state index in [1.807, 2.05) is 36.3 Å². The Morgan fingerprint density at radius 2 is 1.82 bits per heavy atom. The Bertz CT molecular complexity index is 1440. The van der Waals surface area contributed by atoms with E-state index in [0.29, 0.717) is 47.7 Å². The molecular weight excluding hydrogens is 520 g/mol. The van der Waals surface area contributed by atoms with Gasteiger partial charge in [0.15, 0.2) is 21.3 Å². The Kier molecular flexibility index (Phi) is 7.75. The maximum absolute atomic E-state index is 13.4. The number of sulfone groups is 1. The second-order valence-corrected chi connectivity index (χ2v) is 20.2. The predicted octanol–water partition coefficient (Wildman–Crippen LogP) is 4.58. The summed E-state index contributed by atoms with van der Waals surface area (Å²) in [7, 11) is -4.26. The second kappa shape index (κ2) is 10.4. The third kappa shape index (κ3) is 6.62. The Morgan fingerprint density at radius 1 is 1.13 bits per heavy atom. The minimum Gasteiger partial charge on any atom is -0.508 e. The SMILES string of the molecule is CC(C)(C)C(=O)c1cn(COCC[Si](C)(C)C)c2ncc(-c3cc(O)cc(N4CCS(=O)(=O)CC4)c3)nc12. The maximum Gasteiger partial charge on any atom is 0.171 e. The van der Waals surface area contributed by atoms with Crippen LogP contribution in [0, 0.1) is 5.41 Å². The molecule has 1 aromatic carbocycles. The molecule has 3 aromatic rings. The lowest BCUT2D eigenvalue weighted by Crippen LogP contribution is -2.40. The van der Waals surface area contributed by atoms with Crippen LogP contribution in [0.1, 0.15) is 31.1 Å². The highest BCUT2D eigenvalue weighted by atomic mass is 32.2. The van der Waals surface area contributed by atoms with Crippen molar-refractivity contribution in [2.45, 2.75) is 53.2 Å². The van der Waals surface area contributed by atoms with Crippen LogP contribution < -0.4 is 4.90 Å². The first-order valence-electron chi connectivity index (χ1n) is 12.9. The van der Waals surface area contributed by atoms with Crippen molar-refractivity contribution >= 4 is 40.5 Å². The van der Waals surface area contributed by atoms with Crippen molar-refractivity contribution in [2.75, 3.05) is 36.1 Å². The Balaban J connectivity index is 1.70. The number of phenolic OH excluding ortho intramolecular Hbond substituents is 1. The first-order chi connectivity index (χ1) is 17.6. The van der Waals surface area contributed by atoms with Gasteiger partial charge in [0.25, 0.3) is 0 Å². The Labute approximate surface area is 225 Å². The van der Waals surface area contributed by atoms with Crippen molar-refractivity contribution in [3.05, 3.63) is 36.2 Å². The lowest BCUT2D eigenvalue weighted by Gasteiger charge is -2.29. The lowest BCUT2D eigenvalue weighted by atomic mass is 9.87. The van der Waals surface area contributed by atoms with E-state index >= 15 is 0 Å². The van der Waals surface area contributed by atoms with Crippen LogP contribution in [0.5, 0.6) is 5.75 Å². The fourth-order valence-electron chi connectivity index (χ4n) is 4.30. The number of carbonyl (C=O) groups is 1. The number of rotatable bonds is 8. The molecule has 1 aliphatic rings. The van der Waals surface area contributed by atoms with Crippen LogP contribution in [-0.2, 0) is 21.3 Å². The van der Waals surface area contributed by atoms with Crippen molar-refractivity contribution in [3.63, 3.8) is 0 Å². The number of benzene rings is 1. The van der Waals surface area contributed by atoms with Gasteiger partial charge in [-0.15, -0.1) is 0 Å². The molecule has 0 saturated carbocycles. The highest BCUT2D eigenvalue weighted by Gasteiger charge is 2.28. The lowest BCUT2D eigenvalue weighted by molar-refractivity contribution is 0.0849. The van der Waals surface area contributed by atoms with Crippen molar-refractivity contribution in [1.29, 1.82) is 0 Å². The topological polar surface area (TPSA) is 115 Å². The fourth-order valence-corrected chi connectivity index (χ4v) is 6.25. The van der Waals surface area contributed by atoms with E-state index < -0.39 is 23.3 Å². The summed E-state index contributed by atoms with van der Waals surface area (Å²) in [5, 5.41) is 10.5. The van der Waals surface area contributed by atoms with Gasteiger partial charge in [-0.3, -0.25) is 4.79 Å². The van der Waals surface area contributed by atoms with Crippen molar-refractivity contribution in [2.24, 2.45) is 5.41 Å². The van der Waals surface area contributed by atoms with Gasteiger partial charge in [-0.1, -0.05) is 40.4 Å². The largest absolute Gasteiger partial charge is 0.508 e. The number of Topliss-reactive ketones (excluding diaryl/α,β-unsaturated/α-hetero) is 1. The number of aromatic hydroxyl groups is 1.